The van der Waals surface area contributed by atoms with Crippen LogP contribution in [0.15, 0.2) is 34.2 Å². The Bertz CT molecular complexity index is 812. The molecule has 1 N–H and O–H groups in total. The summed E-state index contributed by atoms with van der Waals surface area (Å²) in [5.74, 6) is 1.31. The second kappa shape index (κ2) is 8.35. The molecule has 130 valence electrons. The molecule has 1 aromatic carbocycles. The fraction of sp³-hybridized carbons (Fsp3) is 0.286. The molecule has 0 radical (unpaired) electrons. The van der Waals surface area contributed by atoms with Gasteiger partial charge in [-0.1, -0.05) is 30.1 Å². The Morgan fingerprint density at radius 2 is 1.83 bits per heavy atom. The minimum Gasteiger partial charge on any atom is -0.495 e. The minimum absolute atomic E-state index is 0.0231. The lowest BCUT2D eigenvalue weighted by Gasteiger charge is -2.10. The van der Waals surface area contributed by atoms with Crippen molar-refractivity contribution in [1.29, 1.82) is 0 Å². The highest BCUT2D eigenvalue weighted by molar-refractivity contribution is 7.99. The number of nitrogens with one attached hydrogen (secondary N) is 1. The Labute approximate surface area is 155 Å². The van der Waals surface area contributed by atoms with Crippen molar-refractivity contribution in [3.05, 3.63) is 40.0 Å². The van der Waals surface area contributed by atoms with Crippen LogP contribution in [0.2, 0.25) is 10.0 Å². The maximum atomic E-state index is 12.4. The minimum atomic E-state index is -3.80. The van der Waals surface area contributed by atoms with Crippen molar-refractivity contribution in [3.8, 4) is 5.75 Å². The van der Waals surface area contributed by atoms with Crippen LogP contribution in [0.3, 0.4) is 0 Å². The van der Waals surface area contributed by atoms with Crippen LogP contribution in [0.4, 0.5) is 0 Å². The molecule has 0 atom stereocenters. The zero-order valence-corrected chi connectivity index (χ0v) is 16.1. The molecular formula is C14H15Cl2N3O3S2. The van der Waals surface area contributed by atoms with Crippen LogP contribution in [0.5, 0.6) is 5.75 Å². The molecule has 2 rings (SSSR count). The first-order valence-corrected chi connectivity index (χ1v) is 10.1. The van der Waals surface area contributed by atoms with E-state index in [9.17, 15) is 8.42 Å². The van der Waals surface area contributed by atoms with Crippen LogP contribution in [-0.4, -0.2) is 31.5 Å². The highest BCUT2D eigenvalue weighted by Gasteiger charge is 2.17. The quantitative estimate of drug-likeness (QED) is 0.708. The van der Waals surface area contributed by atoms with E-state index in [1.807, 2.05) is 6.92 Å². The molecule has 10 heteroatoms. The lowest BCUT2D eigenvalue weighted by Crippen LogP contribution is -2.24. The second-order valence-corrected chi connectivity index (χ2v) is 8.48. The summed E-state index contributed by atoms with van der Waals surface area (Å²) in [6, 6.07) is 5.82. The van der Waals surface area contributed by atoms with Gasteiger partial charge in [0.05, 0.1) is 18.6 Å². The Morgan fingerprint density at radius 3 is 2.42 bits per heavy atom. The molecule has 0 aliphatic heterocycles. The first kappa shape index (κ1) is 19.3. The van der Waals surface area contributed by atoms with E-state index < -0.39 is 10.0 Å². The van der Waals surface area contributed by atoms with Crippen molar-refractivity contribution >= 4 is 45.0 Å². The number of nitrogens with zero attached hydrogens (tertiary/aromatic N) is 2. The smallest absolute Gasteiger partial charge is 0.241 e. The Morgan fingerprint density at radius 1 is 1.17 bits per heavy atom. The molecule has 0 aliphatic carbocycles. The van der Waals surface area contributed by atoms with Crippen molar-refractivity contribution in [2.24, 2.45) is 0 Å². The maximum absolute atomic E-state index is 12.4. The summed E-state index contributed by atoms with van der Waals surface area (Å²) in [5, 5.41) is 9.24. The molecular weight excluding hydrogens is 393 g/mol. The van der Waals surface area contributed by atoms with Crippen LogP contribution in [0, 0.1) is 0 Å². The number of sulfonamides is 1. The summed E-state index contributed by atoms with van der Waals surface area (Å²) in [5.41, 5.74) is 0.384. The van der Waals surface area contributed by atoms with Gasteiger partial charge >= 0.3 is 0 Å². The third kappa shape index (κ3) is 4.97. The number of aromatic nitrogens is 2. The van der Waals surface area contributed by atoms with E-state index in [4.69, 9.17) is 27.9 Å². The SMILES string of the molecule is CCSc1cc(OC)c(CNS(=O)(=O)c2cc(Cl)cc(Cl)c2)nn1. The van der Waals surface area contributed by atoms with Gasteiger partial charge in [-0.05, 0) is 24.0 Å². The normalized spacial score (nSPS) is 11.5. The molecule has 0 amide bonds. The molecule has 0 spiro atoms. The number of halogens is 2. The first-order valence-electron chi connectivity index (χ1n) is 6.85. The van der Waals surface area contributed by atoms with Crippen molar-refractivity contribution < 1.29 is 13.2 Å². The van der Waals surface area contributed by atoms with Gasteiger partial charge in [0.2, 0.25) is 10.0 Å². The average Bonchev–Trinajstić information content (AvgIpc) is 2.53. The van der Waals surface area contributed by atoms with Crippen molar-refractivity contribution in [2.45, 2.75) is 23.4 Å². The summed E-state index contributed by atoms with van der Waals surface area (Å²) >= 11 is 13.2. The Kier molecular flexibility index (Phi) is 6.70. The van der Waals surface area contributed by atoms with Gasteiger partial charge in [-0.2, -0.15) is 0 Å². The topological polar surface area (TPSA) is 81.2 Å². The van der Waals surface area contributed by atoms with E-state index in [-0.39, 0.29) is 21.5 Å². The molecule has 0 unspecified atom stereocenters. The first-order chi connectivity index (χ1) is 11.4. The maximum Gasteiger partial charge on any atom is 0.241 e. The van der Waals surface area contributed by atoms with Crippen LogP contribution < -0.4 is 9.46 Å². The molecule has 1 aromatic heterocycles. The van der Waals surface area contributed by atoms with Gasteiger partial charge in [-0.15, -0.1) is 22.0 Å². The number of methoxy groups -OCH3 is 1. The molecule has 0 saturated carbocycles. The van der Waals surface area contributed by atoms with Crippen molar-refractivity contribution in [1.82, 2.24) is 14.9 Å². The Balaban J connectivity index is 2.20. The zero-order valence-electron chi connectivity index (χ0n) is 12.9. The van der Waals surface area contributed by atoms with Crippen molar-refractivity contribution in [2.75, 3.05) is 12.9 Å². The van der Waals surface area contributed by atoms with Crippen molar-refractivity contribution in [3.63, 3.8) is 0 Å². The predicted octanol–water partition coefficient (Wildman–Crippen LogP) is 3.38. The van der Waals surface area contributed by atoms with Crippen LogP contribution in [0.25, 0.3) is 0 Å². The molecule has 0 fully saturated rings. The number of benzene rings is 1. The standard InChI is InChI=1S/C14H15Cl2N3O3S2/c1-3-23-14-7-13(22-2)12(18-19-14)8-17-24(20,21)11-5-9(15)4-10(16)6-11/h4-7,17H,3,8H2,1-2H3. The fourth-order valence-corrected chi connectivity index (χ4v) is 4.13. The van der Waals surface area contributed by atoms with Gasteiger partial charge in [-0.3, -0.25) is 0 Å². The zero-order chi connectivity index (χ0) is 17.7. The number of ether oxygens (including phenoxy) is 1. The van der Waals surface area contributed by atoms with Crippen LogP contribution in [0.1, 0.15) is 12.6 Å². The van der Waals surface area contributed by atoms with Gasteiger partial charge in [0, 0.05) is 16.1 Å². The predicted molar refractivity (Wildman–Crippen MR) is 95.5 cm³/mol. The molecule has 0 bridgehead atoms. The molecule has 0 saturated heterocycles. The molecule has 2 aromatic rings. The highest BCUT2D eigenvalue weighted by atomic mass is 35.5. The average molecular weight is 408 g/mol. The fourth-order valence-electron chi connectivity index (χ4n) is 1.83. The summed E-state index contributed by atoms with van der Waals surface area (Å²) in [4.78, 5) is -0.0231. The molecule has 0 aliphatic rings. The van der Waals surface area contributed by atoms with E-state index in [1.54, 1.807) is 6.07 Å². The lowest BCUT2D eigenvalue weighted by atomic mass is 10.3. The largest absolute Gasteiger partial charge is 0.495 e. The van der Waals surface area contributed by atoms with E-state index in [1.165, 1.54) is 37.1 Å². The number of thioether (sulfide) groups is 1. The van der Waals surface area contributed by atoms with Gasteiger partial charge < -0.3 is 4.74 Å². The van der Waals surface area contributed by atoms with Gasteiger partial charge in [0.25, 0.3) is 0 Å². The summed E-state index contributed by atoms with van der Waals surface area (Å²) in [6.07, 6.45) is 0. The molecule has 24 heavy (non-hydrogen) atoms. The van der Waals surface area contributed by atoms with E-state index >= 15 is 0 Å². The molecule has 6 nitrogen and oxygen atoms in total. The summed E-state index contributed by atoms with van der Waals surface area (Å²) in [7, 11) is -2.30. The van der Waals surface area contributed by atoms with Gasteiger partial charge in [-0.25, -0.2) is 13.1 Å². The van der Waals surface area contributed by atoms with Crippen LogP contribution >= 0.6 is 35.0 Å². The van der Waals surface area contributed by atoms with Crippen LogP contribution in [-0.2, 0) is 16.6 Å². The number of hydrogen-bond donors (Lipinski definition) is 1. The highest BCUT2D eigenvalue weighted by Crippen LogP contribution is 2.24. The van der Waals surface area contributed by atoms with E-state index in [0.717, 1.165) is 5.75 Å². The Hall–Kier alpha value is -1.06. The molecule has 1 heterocycles. The lowest BCUT2D eigenvalue weighted by molar-refractivity contribution is 0.402. The summed E-state index contributed by atoms with van der Waals surface area (Å²) in [6.45, 7) is 1.93. The second-order valence-electron chi connectivity index (χ2n) is 4.56. The number of rotatable bonds is 7. The summed E-state index contributed by atoms with van der Waals surface area (Å²) < 4.78 is 32.4. The third-order valence-corrected chi connectivity index (χ3v) is 5.50. The van der Waals surface area contributed by atoms with Gasteiger partial charge in [0.1, 0.15) is 16.5 Å². The van der Waals surface area contributed by atoms with E-state index in [0.29, 0.717) is 16.5 Å². The monoisotopic (exact) mass is 407 g/mol. The van der Waals surface area contributed by atoms with Gasteiger partial charge in [0.15, 0.2) is 0 Å². The van der Waals surface area contributed by atoms with E-state index in [2.05, 4.69) is 14.9 Å². The number of hydrogen-bond acceptors (Lipinski definition) is 6. The third-order valence-electron chi connectivity index (χ3n) is 2.90.